The molecule has 6 nitrogen and oxygen atoms in total. The van der Waals surface area contributed by atoms with E-state index in [1.165, 1.54) is 36.5 Å². The maximum atomic E-state index is 13.9. The molecule has 14 heteroatoms. The summed E-state index contributed by atoms with van der Waals surface area (Å²) in [4.78, 5) is 12.4. The lowest BCUT2D eigenvalue weighted by atomic mass is 10.1. The monoisotopic (exact) mass is 565 g/mol. The third-order valence-electron chi connectivity index (χ3n) is 4.71. The van der Waals surface area contributed by atoms with Gasteiger partial charge in [-0.05, 0) is 24.3 Å². The maximum Gasteiger partial charge on any atom is 0.292 e. The lowest BCUT2D eigenvalue weighted by molar-refractivity contribution is 0.0992. The zero-order chi connectivity index (χ0) is 26.1. The van der Waals surface area contributed by atoms with E-state index < -0.39 is 47.1 Å². The fourth-order valence-corrected chi connectivity index (χ4v) is 3.96. The fourth-order valence-electron chi connectivity index (χ4n) is 3.03. The van der Waals surface area contributed by atoms with Gasteiger partial charge in [0, 0.05) is 17.3 Å². The molecule has 2 aromatic carbocycles. The van der Waals surface area contributed by atoms with E-state index in [9.17, 15) is 26.7 Å². The average Bonchev–Trinajstić information content (AvgIpc) is 3.48. The molecule has 2 aromatic heterocycles. The van der Waals surface area contributed by atoms with E-state index in [0.717, 1.165) is 4.68 Å². The highest BCUT2D eigenvalue weighted by Crippen LogP contribution is 2.36. The van der Waals surface area contributed by atoms with Crippen LogP contribution in [0.15, 0.2) is 40.9 Å². The molecular weight excluding hydrogens is 556 g/mol. The van der Waals surface area contributed by atoms with Crippen LogP contribution in [-0.2, 0) is 13.2 Å². The van der Waals surface area contributed by atoms with Gasteiger partial charge in [0.05, 0.1) is 22.2 Å². The molecule has 1 amide bonds. The van der Waals surface area contributed by atoms with Gasteiger partial charge >= 0.3 is 0 Å². The van der Waals surface area contributed by atoms with Crippen LogP contribution in [0.1, 0.15) is 21.9 Å². The summed E-state index contributed by atoms with van der Waals surface area (Å²) in [5.74, 6) is -10.9. The van der Waals surface area contributed by atoms with Crippen LogP contribution in [0.2, 0.25) is 15.1 Å². The Morgan fingerprint density at radius 3 is 2.19 bits per heavy atom. The Hall–Kier alpha value is -3.28. The van der Waals surface area contributed by atoms with Crippen LogP contribution in [0.5, 0.6) is 5.75 Å². The van der Waals surface area contributed by atoms with Crippen molar-refractivity contribution in [2.24, 2.45) is 0 Å². The number of aromatic nitrogens is 2. The van der Waals surface area contributed by atoms with E-state index >= 15 is 0 Å². The number of hydrogen-bond donors (Lipinski definition) is 1. The summed E-state index contributed by atoms with van der Waals surface area (Å²) in [6.07, 6.45) is 1.18. The van der Waals surface area contributed by atoms with Crippen molar-refractivity contribution in [2.75, 3.05) is 5.32 Å². The van der Waals surface area contributed by atoms with Gasteiger partial charge in [-0.3, -0.25) is 9.48 Å². The molecule has 0 fully saturated rings. The number of rotatable bonds is 7. The van der Waals surface area contributed by atoms with Crippen molar-refractivity contribution in [3.63, 3.8) is 0 Å². The normalized spacial score (nSPS) is 11.1. The first kappa shape index (κ1) is 25.8. The van der Waals surface area contributed by atoms with E-state index in [-0.39, 0.29) is 39.7 Å². The van der Waals surface area contributed by atoms with Crippen LogP contribution in [0, 0.1) is 29.1 Å². The zero-order valence-corrected chi connectivity index (χ0v) is 19.8. The largest absolute Gasteiger partial charge is 0.483 e. The summed E-state index contributed by atoms with van der Waals surface area (Å²) >= 11 is 17.9. The molecule has 0 unspecified atom stereocenters. The molecule has 0 aliphatic carbocycles. The Morgan fingerprint density at radius 2 is 1.56 bits per heavy atom. The Bertz CT molecular complexity index is 1420. The molecule has 188 valence electrons. The van der Waals surface area contributed by atoms with Gasteiger partial charge in [0.25, 0.3) is 5.91 Å². The molecule has 0 atom stereocenters. The van der Waals surface area contributed by atoms with Crippen LogP contribution < -0.4 is 10.1 Å². The molecule has 4 rings (SSSR count). The smallest absolute Gasteiger partial charge is 0.292 e. The predicted octanol–water partition coefficient (Wildman–Crippen LogP) is 7.01. The number of carbonyl (C=O) groups is 1. The number of hydrogen-bond acceptors (Lipinski definition) is 4. The summed E-state index contributed by atoms with van der Waals surface area (Å²) in [7, 11) is 0. The highest BCUT2D eigenvalue weighted by Gasteiger charge is 2.26. The van der Waals surface area contributed by atoms with Gasteiger partial charge in [0.2, 0.25) is 5.82 Å². The molecule has 0 saturated heterocycles. The highest BCUT2D eigenvalue weighted by molar-refractivity contribution is 6.40. The third kappa shape index (κ3) is 5.28. The van der Waals surface area contributed by atoms with Crippen LogP contribution in [0.4, 0.5) is 27.8 Å². The number of carbonyl (C=O) groups excluding carboxylic acids is 1. The number of nitrogens with one attached hydrogen (secondary N) is 1. The minimum absolute atomic E-state index is 0.0715. The Morgan fingerprint density at radius 1 is 0.944 bits per heavy atom. The van der Waals surface area contributed by atoms with Crippen molar-refractivity contribution in [1.82, 2.24) is 9.78 Å². The molecule has 36 heavy (non-hydrogen) atoms. The van der Waals surface area contributed by atoms with E-state index in [0.29, 0.717) is 5.02 Å². The van der Waals surface area contributed by atoms with Crippen LogP contribution >= 0.6 is 34.8 Å². The Kier molecular flexibility index (Phi) is 7.43. The van der Waals surface area contributed by atoms with E-state index in [2.05, 4.69) is 10.4 Å². The standard InChI is InChI=1S/C22H11Cl3F5N3O3/c23-9-5-12(24)21(13(25)6-9)35-8-10-1-2-14(36-10)22(34)31-15-3-4-33(32-15)7-11-16(26)18(28)20(30)19(29)17(11)27/h1-6H,7-8H2,(H,31,32,34). The number of furan rings is 1. The van der Waals surface area contributed by atoms with E-state index in [1.807, 2.05) is 0 Å². The number of halogens is 8. The molecule has 0 saturated carbocycles. The van der Waals surface area contributed by atoms with Gasteiger partial charge in [-0.25, -0.2) is 22.0 Å². The van der Waals surface area contributed by atoms with Gasteiger partial charge in [0.15, 0.2) is 40.6 Å². The SMILES string of the molecule is O=C(Nc1ccn(Cc2c(F)c(F)c(F)c(F)c2F)n1)c1ccc(COc2c(Cl)cc(Cl)cc2Cl)o1. The molecule has 0 radical (unpaired) electrons. The van der Waals surface area contributed by atoms with Gasteiger partial charge in [-0.15, -0.1) is 0 Å². The summed E-state index contributed by atoms with van der Waals surface area (Å²) < 4.78 is 79.6. The third-order valence-corrected chi connectivity index (χ3v) is 5.49. The Labute approximate surface area is 214 Å². The number of ether oxygens (including phenoxy) is 1. The molecule has 0 aliphatic rings. The van der Waals surface area contributed by atoms with Crippen molar-refractivity contribution in [3.8, 4) is 5.75 Å². The van der Waals surface area contributed by atoms with Gasteiger partial charge in [-0.1, -0.05) is 34.8 Å². The van der Waals surface area contributed by atoms with Crippen LogP contribution in [0.3, 0.4) is 0 Å². The van der Waals surface area contributed by atoms with Crippen molar-refractivity contribution < 1.29 is 35.9 Å². The number of nitrogens with zero attached hydrogens (tertiary/aromatic N) is 2. The van der Waals surface area contributed by atoms with E-state index in [1.54, 1.807) is 0 Å². The summed E-state index contributed by atoms with van der Waals surface area (Å²) in [5.41, 5.74) is -1.08. The fraction of sp³-hybridized carbons (Fsp3) is 0.0909. The molecule has 2 heterocycles. The average molecular weight is 567 g/mol. The maximum absolute atomic E-state index is 13.9. The van der Waals surface area contributed by atoms with Crippen LogP contribution in [-0.4, -0.2) is 15.7 Å². The lowest BCUT2D eigenvalue weighted by Crippen LogP contribution is -2.13. The number of amides is 1. The summed E-state index contributed by atoms with van der Waals surface area (Å²) in [6, 6.07) is 6.95. The highest BCUT2D eigenvalue weighted by atomic mass is 35.5. The van der Waals surface area contributed by atoms with Crippen molar-refractivity contribution >= 4 is 46.5 Å². The number of benzene rings is 2. The lowest BCUT2D eigenvalue weighted by Gasteiger charge is -2.09. The minimum Gasteiger partial charge on any atom is -0.483 e. The number of anilines is 1. The molecule has 0 aliphatic heterocycles. The second-order valence-electron chi connectivity index (χ2n) is 7.15. The summed E-state index contributed by atoms with van der Waals surface area (Å²) in [6.45, 7) is -0.898. The predicted molar refractivity (Wildman–Crippen MR) is 120 cm³/mol. The molecule has 4 aromatic rings. The van der Waals surface area contributed by atoms with E-state index in [4.69, 9.17) is 44.0 Å². The molecule has 1 N–H and O–H groups in total. The first-order valence-corrected chi connectivity index (χ1v) is 10.9. The van der Waals surface area contributed by atoms with Gasteiger partial charge in [0.1, 0.15) is 12.4 Å². The van der Waals surface area contributed by atoms with Crippen molar-refractivity contribution in [1.29, 1.82) is 0 Å². The molecular formula is C22H11Cl3F5N3O3. The first-order valence-electron chi connectivity index (χ1n) is 9.76. The quantitative estimate of drug-likeness (QED) is 0.148. The second kappa shape index (κ2) is 10.4. The topological polar surface area (TPSA) is 69.3 Å². The Balaban J connectivity index is 1.41. The van der Waals surface area contributed by atoms with Gasteiger partial charge < -0.3 is 14.5 Å². The second-order valence-corrected chi connectivity index (χ2v) is 8.41. The van der Waals surface area contributed by atoms with Crippen molar-refractivity contribution in [3.05, 3.63) is 97.8 Å². The minimum atomic E-state index is -2.26. The van der Waals surface area contributed by atoms with Gasteiger partial charge in [-0.2, -0.15) is 5.10 Å². The molecule has 0 bridgehead atoms. The van der Waals surface area contributed by atoms with Crippen molar-refractivity contribution in [2.45, 2.75) is 13.2 Å². The summed E-state index contributed by atoms with van der Waals surface area (Å²) in [5, 5.41) is 6.91. The molecule has 0 spiro atoms. The van der Waals surface area contributed by atoms with Crippen LogP contribution in [0.25, 0.3) is 0 Å². The first-order chi connectivity index (χ1) is 17.0. The zero-order valence-electron chi connectivity index (χ0n) is 17.5.